The van der Waals surface area contributed by atoms with E-state index in [1.807, 2.05) is 24.3 Å². The predicted octanol–water partition coefficient (Wildman–Crippen LogP) is 3.45. The van der Waals surface area contributed by atoms with Crippen LogP contribution in [0, 0.1) is 3.57 Å². The van der Waals surface area contributed by atoms with Crippen molar-refractivity contribution in [1.82, 2.24) is 0 Å². The number of carbonyl (C=O) groups is 1. The molecule has 0 unspecified atom stereocenters. The third kappa shape index (κ3) is 3.17. The van der Waals surface area contributed by atoms with Gasteiger partial charge in [-0.15, -0.1) is 0 Å². The van der Waals surface area contributed by atoms with Crippen LogP contribution >= 0.6 is 22.6 Å². The van der Waals surface area contributed by atoms with Gasteiger partial charge in [-0.3, -0.25) is 0 Å². The van der Waals surface area contributed by atoms with Crippen molar-refractivity contribution in [2.45, 2.75) is 0 Å². The molecule has 2 aromatic rings. The summed E-state index contributed by atoms with van der Waals surface area (Å²) >= 11 is 2.18. The topological polar surface area (TPSA) is 61.5 Å². The van der Waals surface area contributed by atoms with Crippen LogP contribution in [0.2, 0.25) is 0 Å². The van der Waals surface area contributed by atoms with Gasteiger partial charge in [-0.1, -0.05) is 12.1 Å². The van der Waals surface area contributed by atoms with Crippen molar-refractivity contribution in [1.29, 1.82) is 0 Å². The molecule has 0 aliphatic carbocycles. The van der Waals surface area contributed by atoms with Gasteiger partial charge in [-0.05, 0) is 52.9 Å². The number of hydrogen-bond acceptors (Lipinski definition) is 4. The number of ether oxygens (including phenoxy) is 2. The molecule has 0 saturated carbocycles. The zero-order valence-electron chi connectivity index (χ0n) is 10.2. The van der Waals surface area contributed by atoms with Crippen LogP contribution in [0.15, 0.2) is 42.5 Å². The molecule has 98 valence electrons. The van der Waals surface area contributed by atoms with E-state index in [9.17, 15) is 4.79 Å². The predicted molar refractivity (Wildman–Crippen MR) is 81.4 cm³/mol. The maximum Gasteiger partial charge on any atom is 0.340 e. The molecule has 0 bridgehead atoms. The van der Waals surface area contributed by atoms with Gasteiger partial charge >= 0.3 is 5.97 Å². The summed E-state index contributed by atoms with van der Waals surface area (Å²) in [5.41, 5.74) is 6.39. The maximum absolute atomic E-state index is 11.5. The van der Waals surface area contributed by atoms with E-state index in [1.165, 1.54) is 7.11 Å². The highest BCUT2D eigenvalue weighted by molar-refractivity contribution is 14.1. The summed E-state index contributed by atoms with van der Waals surface area (Å²) in [7, 11) is 1.31. The first kappa shape index (κ1) is 13.7. The Labute approximate surface area is 124 Å². The molecule has 2 aromatic carbocycles. The zero-order chi connectivity index (χ0) is 13.8. The van der Waals surface area contributed by atoms with E-state index >= 15 is 0 Å². The summed E-state index contributed by atoms with van der Waals surface area (Å²) in [5, 5.41) is 0. The summed E-state index contributed by atoms with van der Waals surface area (Å²) in [5.74, 6) is 0.785. The lowest BCUT2D eigenvalue weighted by molar-refractivity contribution is 0.0601. The zero-order valence-corrected chi connectivity index (χ0v) is 12.4. The SMILES string of the molecule is COC(=O)c1cc(Oc2ccccc2I)ccc1N. The number of para-hydroxylation sites is 1. The fraction of sp³-hybridized carbons (Fsp3) is 0.0714. The largest absolute Gasteiger partial charge is 0.465 e. The number of rotatable bonds is 3. The van der Waals surface area contributed by atoms with Gasteiger partial charge in [0.05, 0.1) is 16.2 Å². The molecule has 0 atom stereocenters. The molecule has 0 aromatic heterocycles. The van der Waals surface area contributed by atoms with Crippen molar-refractivity contribution < 1.29 is 14.3 Å². The minimum atomic E-state index is -0.481. The van der Waals surface area contributed by atoms with Crippen LogP contribution in [0.25, 0.3) is 0 Å². The Bertz CT molecular complexity index is 613. The number of nitrogens with two attached hydrogens (primary N) is 1. The van der Waals surface area contributed by atoms with Gasteiger partial charge in [-0.25, -0.2) is 4.79 Å². The molecule has 0 fully saturated rings. The number of benzene rings is 2. The third-order valence-corrected chi connectivity index (χ3v) is 3.39. The highest BCUT2D eigenvalue weighted by atomic mass is 127. The summed E-state index contributed by atoms with van der Waals surface area (Å²) in [4.78, 5) is 11.5. The van der Waals surface area contributed by atoms with Crippen LogP contribution in [-0.2, 0) is 4.74 Å². The summed E-state index contributed by atoms with van der Waals surface area (Å²) in [6.07, 6.45) is 0. The summed E-state index contributed by atoms with van der Waals surface area (Å²) in [6, 6.07) is 12.5. The quantitative estimate of drug-likeness (QED) is 0.512. The van der Waals surface area contributed by atoms with E-state index in [2.05, 4.69) is 27.3 Å². The number of halogens is 1. The first-order valence-corrected chi connectivity index (χ1v) is 6.60. The Morgan fingerprint density at radius 3 is 2.63 bits per heavy atom. The van der Waals surface area contributed by atoms with E-state index in [4.69, 9.17) is 10.5 Å². The van der Waals surface area contributed by atoms with E-state index in [-0.39, 0.29) is 0 Å². The molecule has 0 aliphatic heterocycles. The number of methoxy groups -OCH3 is 1. The van der Waals surface area contributed by atoms with Crippen molar-refractivity contribution in [2.24, 2.45) is 0 Å². The molecule has 0 spiro atoms. The van der Waals surface area contributed by atoms with Crippen molar-refractivity contribution in [3.8, 4) is 11.5 Å². The lowest BCUT2D eigenvalue weighted by Gasteiger charge is -2.10. The number of esters is 1. The van der Waals surface area contributed by atoms with Gasteiger partial charge in [0.25, 0.3) is 0 Å². The normalized spacial score (nSPS) is 10.0. The van der Waals surface area contributed by atoms with Crippen molar-refractivity contribution in [3.05, 3.63) is 51.6 Å². The van der Waals surface area contributed by atoms with Crippen LogP contribution in [0.3, 0.4) is 0 Å². The Hall–Kier alpha value is -1.76. The second-order valence-corrected chi connectivity index (χ2v) is 4.94. The lowest BCUT2D eigenvalue weighted by atomic mass is 10.1. The molecule has 2 N–H and O–H groups in total. The fourth-order valence-corrected chi connectivity index (χ4v) is 2.04. The van der Waals surface area contributed by atoms with Crippen molar-refractivity contribution >= 4 is 34.2 Å². The Morgan fingerprint density at radius 2 is 1.95 bits per heavy atom. The van der Waals surface area contributed by atoms with E-state index < -0.39 is 5.97 Å². The van der Waals surface area contributed by atoms with Crippen LogP contribution in [0.4, 0.5) is 5.69 Å². The molecular weight excluding hydrogens is 357 g/mol. The van der Waals surface area contributed by atoms with E-state index in [1.54, 1.807) is 18.2 Å². The Kier molecular flexibility index (Phi) is 4.26. The first-order chi connectivity index (χ1) is 9.11. The van der Waals surface area contributed by atoms with Crippen LogP contribution in [0.1, 0.15) is 10.4 Å². The van der Waals surface area contributed by atoms with Crippen molar-refractivity contribution in [2.75, 3.05) is 12.8 Å². The molecule has 0 radical (unpaired) electrons. The highest BCUT2D eigenvalue weighted by Crippen LogP contribution is 2.28. The molecule has 4 nitrogen and oxygen atoms in total. The highest BCUT2D eigenvalue weighted by Gasteiger charge is 2.12. The molecule has 19 heavy (non-hydrogen) atoms. The smallest absolute Gasteiger partial charge is 0.340 e. The maximum atomic E-state index is 11.5. The monoisotopic (exact) mass is 369 g/mol. The second-order valence-electron chi connectivity index (χ2n) is 3.77. The molecule has 0 saturated heterocycles. The average molecular weight is 369 g/mol. The number of nitrogen functional groups attached to an aromatic ring is 1. The average Bonchev–Trinajstić information content (AvgIpc) is 2.42. The second kappa shape index (κ2) is 5.92. The molecular formula is C14H12INO3. The molecule has 2 rings (SSSR count). The summed E-state index contributed by atoms with van der Waals surface area (Å²) < 4.78 is 11.4. The van der Waals surface area contributed by atoms with Gasteiger partial charge in [0, 0.05) is 5.69 Å². The van der Waals surface area contributed by atoms with Crippen molar-refractivity contribution in [3.63, 3.8) is 0 Å². The Balaban J connectivity index is 2.32. The summed E-state index contributed by atoms with van der Waals surface area (Å²) in [6.45, 7) is 0. The van der Waals surface area contributed by atoms with Gasteiger partial charge < -0.3 is 15.2 Å². The van der Waals surface area contributed by atoms with E-state index in [0.717, 1.165) is 9.32 Å². The molecule has 0 heterocycles. The molecule has 0 amide bonds. The van der Waals surface area contributed by atoms with Crippen LogP contribution in [0.5, 0.6) is 11.5 Å². The first-order valence-electron chi connectivity index (χ1n) is 5.52. The van der Waals surface area contributed by atoms with Gasteiger partial charge in [-0.2, -0.15) is 0 Å². The molecule has 0 aliphatic rings. The minimum absolute atomic E-state index is 0.297. The van der Waals surface area contributed by atoms with Crippen LogP contribution in [-0.4, -0.2) is 13.1 Å². The van der Waals surface area contributed by atoms with Gasteiger partial charge in [0.15, 0.2) is 0 Å². The number of hydrogen-bond donors (Lipinski definition) is 1. The third-order valence-electron chi connectivity index (χ3n) is 2.49. The van der Waals surface area contributed by atoms with Crippen LogP contribution < -0.4 is 10.5 Å². The standard InChI is InChI=1S/C14H12INO3/c1-18-14(17)10-8-9(6-7-12(10)16)19-13-5-3-2-4-11(13)15/h2-8H,16H2,1H3. The lowest BCUT2D eigenvalue weighted by Crippen LogP contribution is -2.05. The van der Waals surface area contributed by atoms with Gasteiger partial charge in [0.2, 0.25) is 0 Å². The minimum Gasteiger partial charge on any atom is -0.465 e. The fourth-order valence-electron chi connectivity index (χ4n) is 1.54. The molecule has 5 heteroatoms. The van der Waals surface area contributed by atoms with E-state index in [0.29, 0.717) is 17.0 Å². The number of carbonyl (C=O) groups excluding carboxylic acids is 1. The van der Waals surface area contributed by atoms with Gasteiger partial charge in [0.1, 0.15) is 11.5 Å². The number of anilines is 1. The Morgan fingerprint density at radius 1 is 1.21 bits per heavy atom.